The first-order chi connectivity index (χ1) is 9.22. The summed E-state index contributed by atoms with van der Waals surface area (Å²) in [4.78, 5) is -0.304. The molecule has 0 unspecified atom stereocenters. The molecule has 0 fully saturated rings. The zero-order valence-electron chi connectivity index (χ0n) is 12.5. The minimum atomic E-state index is -3.85. The second-order valence-corrected chi connectivity index (χ2v) is 7.19. The molecule has 0 saturated carbocycles. The Bertz CT molecular complexity index is 556. The molecule has 6 heteroatoms. The lowest BCUT2D eigenvalue weighted by Gasteiger charge is -2.25. The molecule has 1 aromatic rings. The van der Waals surface area contributed by atoms with Gasteiger partial charge in [-0.3, -0.25) is 0 Å². The quantitative estimate of drug-likeness (QED) is 0.813. The van der Waals surface area contributed by atoms with Gasteiger partial charge in [-0.2, -0.15) is 0 Å². The van der Waals surface area contributed by atoms with Crippen molar-refractivity contribution >= 4 is 10.0 Å². The van der Waals surface area contributed by atoms with E-state index < -0.39 is 21.4 Å². The highest BCUT2D eigenvalue weighted by atomic mass is 32.2. The lowest BCUT2D eigenvalue weighted by atomic mass is 10.0. The predicted molar refractivity (Wildman–Crippen MR) is 78.5 cm³/mol. The normalized spacial score (nSPS) is 12.7. The molecule has 0 aliphatic carbocycles. The van der Waals surface area contributed by atoms with Crippen molar-refractivity contribution in [3.63, 3.8) is 0 Å². The van der Waals surface area contributed by atoms with Crippen LogP contribution in [0.15, 0.2) is 23.1 Å². The Kier molecular flexibility index (Phi) is 5.68. The topological polar surface area (TPSA) is 58.2 Å². The average Bonchev–Trinajstić information content (AvgIpc) is 2.27. The minimum absolute atomic E-state index is 0.304. The average molecular weight is 302 g/mol. The van der Waals surface area contributed by atoms with Crippen LogP contribution in [0.4, 0.5) is 4.39 Å². The highest BCUT2D eigenvalue weighted by Crippen LogP contribution is 2.20. The van der Waals surface area contributed by atoms with Gasteiger partial charge in [0.1, 0.15) is 10.7 Å². The van der Waals surface area contributed by atoms with E-state index in [2.05, 4.69) is 10.0 Å². The van der Waals surface area contributed by atoms with Gasteiger partial charge in [-0.1, -0.05) is 19.4 Å². The summed E-state index contributed by atoms with van der Waals surface area (Å²) in [5, 5.41) is 2.89. The molecular weight excluding hydrogens is 279 g/mol. The fourth-order valence-corrected chi connectivity index (χ4v) is 3.67. The molecular formula is C14H23FN2O2S. The van der Waals surface area contributed by atoms with Crippen LogP contribution < -0.4 is 10.0 Å². The van der Waals surface area contributed by atoms with Crippen LogP contribution in [0.25, 0.3) is 0 Å². The van der Waals surface area contributed by atoms with Gasteiger partial charge in [0.25, 0.3) is 0 Å². The van der Waals surface area contributed by atoms with Crippen molar-refractivity contribution in [2.45, 2.75) is 50.6 Å². The highest BCUT2D eigenvalue weighted by Gasteiger charge is 2.27. The first-order valence-corrected chi connectivity index (χ1v) is 8.17. The summed E-state index contributed by atoms with van der Waals surface area (Å²) in [5.41, 5.74) is 0.112. The van der Waals surface area contributed by atoms with Gasteiger partial charge in [-0.05, 0) is 45.0 Å². The molecule has 0 atom stereocenters. The predicted octanol–water partition coefficient (Wildman–Crippen LogP) is 2.40. The van der Waals surface area contributed by atoms with E-state index in [1.54, 1.807) is 27.0 Å². The summed E-state index contributed by atoms with van der Waals surface area (Å²) in [6, 6.07) is 4.17. The van der Waals surface area contributed by atoms with Crippen molar-refractivity contribution in [1.29, 1.82) is 0 Å². The summed E-state index contributed by atoms with van der Waals surface area (Å²) < 4.78 is 41.0. The summed E-state index contributed by atoms with van der Waals surface area (Å²) >= 11 is 0. The van der Waals surface area contributed by atoms with Gasteiger partial charge >= 0.3 is 0 Å². The molecule has 1 aromatic carbocycles. The second-order valence-electron chi connectivity index (χ2n) is 5.53. The SMILES string of the molecule is CCCC(C)(C)NS(=O)(=O)c1ccc(CNC)cc1F. The standard InChI is InChI=1S/C14H23FN2O2S/c1-5-8-14(2,3)17-20(18,19)13-7-6-11(10-16-4)9-12(13)15/h6-7,9,16-17H,5,8,10H2,1-4H3. The zero-order chi connectivity index (χ0) is 15.4. The Balaban J connectivity index is 3.04. The lowest BCUT2D eigenvalue weighted by Crippen LogP contribution is -2.43. The number of benzene rings is 1. The maximum Gasteiger partial charge on any atom is 0.243 e. The van der Waals surface area contributed by atoms with Crippen molar-refractivity contribution in [2.75, 3.05) is 7.05 Å². The third kappa shape index (κ3) is 4.54. The van der Waals surface area contributed by atoms with Crippen LogP contribution >= 0.6 is 0 Å². The van der Waals surface area contributed by atoms with Crippen molar-refractivity contribution in [1.82, 2.24) is 10.0 Å². The molecule has 0 spiro atoms. The molecule has 2 N–H and O–H groups in total. The van der Waals surface area contributed by atoms with Crippen molar-refractivity contribution in [3.05, 3.63) is 29.6 Å². The van der Waals surface area contributed by atoms with Crippen LogP contribution in [0, 0.1) is 5.82 Å². The van der Waals surface area contributed by atoms with Crippen molar-refractivity contribution < 1.29 is 12.8 Å². The van der Waals surface area contributed by atoms with Crippen molar-refractivity contribution in [2.24, 2.45) is 0 Å². The second kappa shape index (κ2) is 6.65. The third-order valence-electron chi connectivity index (χ3n) is 2.95. The first-order valence-electron chi connectivity index (χ1n) is 6.69. The van der Waals surface area contributed by atoms with E-state index in [1.165, 1.54) is 12.1 Å². The van der Waals surface area contributed by atoms with Crippen molar-refractivity contribution in [3.8, 4) is 0 Å². The number of nitrogens with one attached hydrogen (secondary N) is 2. The monoisotopic (exact) mass is 302 g/mol. The molecule has 0 amide bonds. The van der Waals surface area contributed by atoms with E-state index in [1.807, 2.05) is 6.92 Å². The van der Waals surface area contributed by atoms with Gasteiger partial charge in [-0.25, -0.2) is 17.5 Å². The molecule has 1 rings (SSSR count). The summed E-state index contributed by atoms with van der Waals surface area (Å²) in [7, 11) is -2.10. The van der Waals surface area contributed by atoms with Crippen LogP contribution in [0.3, 0.4) is 0 Å². The van der Waals surface area contributed by atoms with Crippen LogP contribution in [0.5, 0.6) is 0 Å². The van der Waals surface area contributed by atoms with Crippen LogP contribution in [-0.2, 0) is 16.6 Å². The van der Waals surface area contributed by atoms with Gasteiger partial charge < -0.3 is 5.32 Å². The Labute approximate surface area is 120 Å². The number of hydrogen-bond acceptors (Lipinski definition) is 3. The molecule has 20 heavy (non-hydrogen) atoms. The lowest BCUT2D eigenvalue weighted by molar-refractivity contribution is 0.416. The molecule has 0 aromatic heterocycles. The van der Waals surface area contributed by atoms with Crippen LogP contribution in [0.2, 0.25) is 0 Å². The molecule has 0 aliphatic rings. The van der Waals surface area contributed by atoms with Gasteiger partial charge in [0, 0.05) is 12.1 Å². The van der Waals surface area contributed by atoms with Gasteiger partial charge in [0.05, 0.1) is 0 Å². The molecule has 0 aliphatic heterocycles. The zero-order valence-corrected chi connectivity index (χ0v) is 13.3. The summed E-state index contributed by atoms with van der Waals surface area (Å²) in [6.07, 6.45) is 1.53. The Morgan fingerprint density at radius 1 is 1.30 bits per heavy atom. The fourth-order valence-electron chi connectivity index (χ4n) is 2.17. The number of sulfonamides is 1. The molecule has 0 radical (unpaired) electrons. The highest BCUT2D eigenvalue weighted by molar-refractivity contribution is 7.89. The third-order valence-corrected chi connectivity index (χ3v) is 4.68. The van der Waals surface area contributed by atoms with E-state index in [4.69, 9.17) is 0 Å². The Morgan fingerprint density at radius 3 is 2.45 bits per heavy atom. The largest absolute Gasteiger partial charge is 0.316 e. The Morgan fingerprint density at radius 2 is 1.95 bits per heavy atom. The number of halogens is 1. The maximum atomic E-state index is 14.0. The summed E-state index contributed by atoms with van der Waals surface area (Å²) in [5.74, 6) is -0.724. The molecule has 0 heterocycles. The van der Waals surface area contributed by atoms with E-state index in [0.29, 0.717) is 18.5 Å². The van der Waals surface area contributed by atoms with Gasteiger partial charge in [0.15, 0.2) is 0 Å². The van der Waals surface area contributed by atoms with Crippen LogP contribution in [0.1, 0.15) is 39.2 Å². The molecule has 114 valence electrons. The number of hydrogen-bond donors (Lipinski definition) is 2. The maximum absolute atomic E-state index is 14.0. The van der Waals surface area contributed by atoms with Gasteiger partial charge in [-0.15, -0.1) is 0 Å². The summed E-state index contributed by atoms with van der Waals surface area (Å²) in [6.45, 7) is 6.05. The van der Waals surface area contributed by atoms with E-state index in [-0.39, 0.29) is 4.90 Å². The van der Waals surface area contributed by atoms with E-state index in [9.17, 15) is 12.8 Å². The first kappa shape index (κ1) is 17.1. The van der Waals surface area contributed by atoms with Gasteiger partial charge in [0.2, 0.25) is 10.0 Å². The van der Waals surface area contributed by atoms with E-state index in [0.717, 1.165) is 6.42 Å². The molecule has 0 bridgehead atoms. The molecule has 0 saturated heterocycles. The van der Waals surface area contributed by atoms with Crippen LogP contribution in [-0.4, -0.2) is 21.0 Å². The Hall–Kier alpha value is -0.980. The number of rotatable bonds is 7. The van der Waals surface area contributed by atoms with E-state index >= 15 is 0 Å². The fraction of sp³-hybridized carbons (Fsp3) is 0.571. The molecule has 4 nitrogen and oxygen atoms in total. The smallest absolute Gasteiger partial charge is 0.243 e. The minimum Gasteiger partial charge on any atom is -0.316 e.